The Labute approximate surface area is 203 Å². The summed E-state index contributed by atoms with van der Waals surface area (Å²) in [7, 11) is 1.38. The van der Waals surface area contributed by atoms with Gasteiger partial charge in [0.1, 0.15) is 0 Å². The maximum atomic E-state index is 13.2. The standard InChI is InChI=1S/C28H40F3NO2/c1-26(2,3)15-12-23(13-16-27(4,5)6)32-17-14-20(19-25(33)34-7)18-24(32)21-8-10-22(11-9-21)28(29,30)31/h8-11,20,23-24H,12,14-15,17-19H2,1-7H3/t20-,23+,24+/m1/s1. The monoisotopic (exact) mass is 479 g/mol. The molecule has 1 fully saturated rings. The zero-order valence-electron chi connectivity index (χ0n) is 21.7. The van der Waals surface area contributed by atoms with Crippen LogP contribution in [0.1, 0.15) is 90.8 Å². The van der Waals surface area contributed by atoms with Gasteiger partial charge in [-0.15, -0.1) is 0 Å². The van der Waals surface area contributed by atoms with Crippen LogP contribution < -0.4 is 0 Å². The fourth-order valence-corrected chi connectivity index (χ4v) is 4.35. The summed E-state index contributed by atoms with van der Waals surface area (Å²) in [6.07, 6.45) is -0.670. The molecule has 2 rings (SSSR count). The summed E-state index contributed by atoms with van der Waals surface area (Å²) in [5, 5.41) is 0. The molecule has 0 aromatic heterocycles. The third-order valence-electron chi connectivity index (χ3n) is 6.24. The molecule has 190 valence electrons. The highest BCUT2D eigenvalue weighted by Crippen LogP contribution is 2.40. The van der Waals surface area contributed by atoms with E-state index in [1.165, 1.54) is 7.11 Å². The molecule has 1 aliphatic heterocycles. The summed E-state index contributed by atoms with van der Waals surface area (Å²) >= 11 is 0. The van der Waals surface area contributed by atoms with Gasteiger partial charge in [-0.25, -0.2) is 0 Å². The smallest absolute Gasteiger partial charge is 0.416 e. The lowest BCUT2D eigenvalue weighted by atomic mass is 9.82. The van der Waals surface area contributed by atoms with Crippen molar-refractivity contribution in [2.24, 2.45) is 16.7 Å². The average molecular weight is 480 g/mol. The quantitative estimate of drug-likeness (QED) is 0.317. The van der Waals surface area contributed by atoms with Crippen molar-refractivity contribution >= 4 is 5.97 Å². The molecule has 0 bridgehead atoms. The molecular weight excluding hydrogens is 439 g/mol. The molecule has 3 nitrogen and oxygen atoms in total. The Hall–Kier alpha value is -2.00. The minimum absolute atomic E-state index is 0.00943. The molecule has 0 aliphatic carbocycles. The van der Waals surface area contributed by atoms with Gasteiger partial charge in [-0.3, -0.25) is 9.69 Å². The van der Waals surface area contributed by atoms with Crippen molar-refractivity contribution in [2.75, 3.05) is 13.7 Å². The molecular formula is C28H40F3NO2. The molecule has 0 N–H and O–H groups in total. The van der Waals surface area contributed by atoms with Gasteiger partial charge in [-0.05, 0) is 75.5 Å². The second kappa shape index (κ2) is 11.2. The highest BCUT2D eigenvalue weighted by molar-refractivity contribution is 5.69. The molecule has 0 unspecified atom stereocenters. The molecule has 1 heterocycles. The number of rotatable bonds is 6. The number of alkyl halides is 3. The van der Waals surface area contributed by atoms with Crippen molar-refractivity contribution in [2.45, 2.75) is 91.9 Å². The zero-order valence-corrected chi connectivity index (χ0v) is 21.7. The van der Waals surface area contributed by atoms with Crippen LogP contribution in [-0.4, -0.2) is 30.6 Å². The van der Waals surface area contributed by atoms with E-state index in [9.17, 15) is 18.0 Å². The highest BCUT2D eigenvalue weighted by Gasteiger charge is 2.36. The second-order valence-electron chi connectivity index (χ2n) is 11.7. The average Bonchev–Trinajstić information content (AvgIpc) is 2.72. The molecule has 1 aliphatic rings. The van der Waals surface area contributed by atoms with Gasteiger partial charge in [0.25, 0.3) is 0 Å². The van der Waals surface area contributed by atoms with E-state index in [1.807, 2.05) is 0 Å². The molecule has 1 aromatic carbocycles. The van der Waals surface area contributed by atoms with Crippen LogP contribution in [0.4, 0.5) is 13.2 Å². The number of ether oxygens (including phenoxy) is 1. The number of halogens is 3. The molecule has 0 radical (unpaired) electrons. The Bertz CT molecular complexity index is 867. The fraction of sp³-hybridized carbons (Fsp3) is 0.679. The van der Waals surface area contributed by atoms with Crippen molar-refractivity contribution in [3.05, 3.63) is 35.4 Å². The largest absolute Gasteiger partial charge is 0.469 e. The summed E-state index contributed by atoms with van der Waals surface area (Å²) < 4.78 is 44.3. The van der Waals surface area contributed by atoms with Crippen LogP contribution in [0.15, 0.2) is 24.3 Å². The molecule has 6 heteroatoms. The number of hydrogen-bond acceptors (Lipinski definition) is 3. The number of esters is 1. The molecule has 1 aromatic rings. The number of carbonyl (C=O) groups excluding carboxylic acids is 1. The van der Waals surface area contributed by atoms with Crippen molar-refractivity contribution < 1.29 is 22.7 Å². The number of nitrogens with zero attached hydrogens (tertiary/aromatic N) is 1. The lowest BCUT2D eigenvalue weighted by Gasteiger charge is -2.43. The zero-order chi connectivity index (χ0) is 25.7. The molecule has 3 atom stereocenters. The third kappa shape index (κ3) is 8.98. The fourth-order valence-electron chi connectivity index (χ4n) is 4.35. The maximum absolute atomic E-state index is 13.2. The Kier molecular flexibility index (Phi) is 9.27. The van der Waals surface area contributed by atoms with Crippen LogP contribution >= 0.6 is 0 Å². The summed E-state index contributed by atoms with van der Waals surface area (Å²) in [4.78, 5) is 14.3. The van der Waals surface area contributed by atoms with E-state index in [0.29, 0.717) is 12.8 Å². The SMILES string of the molecule is COC(=O)C[C@@H]1CCN([C@H](C#CC(C)(C)C)CCC(C)(C)C)[C@H](c2ccc(C(F)(F)F)cc2)C1. The van der Waals surface area contributed by atoms with E-state index < -0.39 is 11.7 Å². The number of methoxy groups -OCH3 is 1. The third-order valence-corrected chi connectivity index (χ3v) is 6.24. The number of likely N-dealkylation sites (tertiary alicyclic amines) is 1. The van der Waals surface area contributed by atoms with Gasteiger partial charge in [0.05, 0.1) is 18.7 Å². The first kappa shape index (κ1) is 28.2. The number of hydrogen-bond donors (Lipinski definition) is 0. The predicted octanol–water partition coefficient (Wildman–Crippen LogP) is 7.27. The van der Waals surface area contributed by atoms with Crippen LogP contribution in [0.5, 0.6) is 0 Å². The van der Waals surface area contributed by atoms with Crippen LogP contribution in [0, 0.1) is 28.6 Å². The van der Waals surface area contributed by atoms with Gasteiger partial charge in [0.2, 0.25) is 0 Å². The van der Waals surface area contributed by atoms with Gasteiger partial charge >= 0.3 is 12.1 Å². The van der Waals surface area contributed by atoms with E-state index in [4.69, 9.17) is 4.74 Å². The Morgan fingerprint density at radius 2 is 1.74 bits per heavy atom. The van der Waals surface area contributed by atoms with Gasteiger partial charge in [0.15, 0.2) is 0 Å². The molecule has 0 saturated carbocycles. The number of piperidine rings is 1. The molecule has 34 heavy (non-hydrogen) atoms. The van der Waals surface area contributed by atoms with E-state index in [0.717, 1.165) is 43.5 Å². The van der Waals surface area contributed by atoms with E-state index in [2.05, 4.69) is 58.3 Å². The maximum Gasteiger partial charge on any atom is 0.416 e. The van der Waals surface area contributed by atoms with E-state index >= 15 is 0 Å². The van der Waals surface area contributed by atoms with Crippen LogP contribution in [-0.2, 0) is 15.7 Å². The number of carbonyl (C=O) groups is 1. The minimum Gasteiger partial charge on any atom is -0.469 e. The topological polar surface area (TPSA) is 29.5 Å². The normalized spacial score (nSPS) is 20.9. The summed E-state index contributed by atoms with van der Waals surface area (Å²) in [5.41, 5.74) is 0.185. The lowest BCUT2D eigenvalue weighted by molar-refractivity contribution is -0.142. The van der Waals surface area contributed by atoms with E-state index in [-0.39, 0.29) is 34.8 Å². The summed E-state index contributed by atoms with van der Waals surface area (Å²) in [5.74, 6) is 6.77. The first-order valence-electron chi connectivity index (χ1n) is 12.1. The van der Waals surface area contributed by atoms with Gasteiger partial charge in [-0.2, -0.15) is 13.2 Å². The van der Waals surface area contributed by atoms with Gasteiger partial charge in [-0.1, -0.05) is 44.7 Å². The van der Waals surface area contributed by atoms with Crippen LogP contribution in [0.2, 0.25) is 0 Å². The second-order valence-corrected chi connectivity index (χ2v) is 11.7. The predicted molar refractivity (Wildman–Crippen MR) is 130 cm³/mol. The first-order valence-corrected chi connectivity index (χ1v) is 12.1. The molecule has 0 spiro atoms. The van der Waals surface area contributed by atoms with Crippen molar-refractivity contribution in [1.29, 1.82) is 0 Å². The Balaban J connectivity index is 2.42. The van der Waals surface area contributed by atoms with Gasteiger partial charge in [0, 0.05) is 24.4 Å². The molecule has 0 amide bonds. The first-order chi connectivity index (χ1) is 15.6. The lowest BCUT2D eigenvalue weighted by Crippen LogP contribution is -2.44. The summed E-state index contributed by atoms with van der Waals surface area (Å²) in [6, 6.07) is 5.36. The van der Waals surface area contributed by atoms with Gasteiger partial charge < -0.3 is 4.74 Å². The van der Waals surface area contributed by atoms with Crippen molar-refractivity contribution in [1.82, 2.24) is 4.90 Å². The Morgan fingerprint density at radius 1 is 1.12 bits per heavy atom. The summed E-state index contributed by atoms with van der Waals surface area (Å²) in [6.45, 7) is 13.6. The van der Waals surface area contributed by atoms with Crippen LogP contribution in [0.25, 0.3) is 0 Å². The van der Waals surface area contributed by atoms with E-state index in [1.54, 1.807) is 12.1 Å². The highest BCUT2D eigenvalue weighted by atomic mass is 19.4. The molecule has 1 saturated heterocycles. The Morgan fingerprint density at radius 3 is 2.24 bits per heavy atom. The van der Waals surface area contributed by atoms with Crippen molar-refractivity contribution in [3.63, 3.8) is 0 Å². The van der Waals surface area contributed by atoms with Crippen LogP contribution in [0.3, 0.4) is 0 Å². The minimum atomic E-state index is -4.37. The number of benzene rings is 1. The van der Waals surface area contributed by atoms with Crippen molar-refractivity contribution in [3.8, 4) is 11.8 Å².